The summed E-state index contributed by atoms with van der Waals surface area (Å²) in [5.74, 6) is -0.742. The van der Waals surface area contributed by atoms with E-state index in [9.17, 15) is 9.59 Å². The molecule has 2 rings (SSSR count). The minimum Gasteiger partial charge on any atom is -0.493 e. The van der Waals surface area contributed by atoms with Gasteiger partial charge in [0.15, 0.2) is 29.7 Å². The minimum absolute atomic E-state index is 0.166. The molecule has 0 atom stereocenters. The molecule has 0 fully saturated rings. The number of hydrogen-bond donors (Lipinski definition) is 1. The quantitative estimate of drug-likeness (QED) is 0.631. The van der Waals surface area contributed by atoms with Crippen LogP contribution in [0.5, 0.6) is 11.5 Å². The van der Waals surface area contributed by atoms with Crippen LogP contribution in [-0.2, 0) is 14.3 Å². The van der Waals surface area contributed by atoms with E-state index < -0.39 is 18.5 Å². The van der Waals surface area contributed by atoms with E-state index in [0.29, 0.717) is 15.8 Å². The third kappa shape index (κ3) is 3.64. The molecule has 1 aliphatic rings. The van der Waals surface area contributed by atoms with Crippen molar-refractivity contribution in [1.82, 2.24) is 0 Å². The van der Waals surface area contributed by atoms with Crippen LogP contribution in [0.1, 0.15) is 12.5 Å². The number of benzene rings is 1. The Bertz CT molecular complexity index is 695. The molecule has 0 amide bonds. The van der Waals surface area contributed by atoms with Crippen molar-refractivity contribution in [3.8, 4) is 11.5 Å². The van der Waals surface area contributed by atoms with Crippen molar-refractivity contribution in [2.24, 2.45) is 4.99 Å². The predicted molar refractivity (Wildman–Crippen MR) is 81.0 cm³/mol. The maximum Gasteiger partial charge on any atom is 0.363 e. The monoisotopic (exact) mass is 369 g/mol. The molecule has 0 radical (unpaired) electrons. The van der Waals surface area contributed by atoms with Gasteiger partial charge in [-0.15, -0.1) is 0 Å². The van der Waals surface area contributed by atoms with Gasteiger partial charge in [-0.05, 0) is 23.8 Å². The third-order valence-corrected chi connectivity index (χ3v) is 3.34. The van der Waals surface area contributed by atoms with E-state index in [1.165, 1.54) is 13.2 Å². The van der Waals surface area contributed by atoms with E-state index in [4.69, 9.17) is 19.3 Å². The fourth-order valence-corrected chi connectivity index (χ4v) is 2.17. The largest absolute Gasteiger partial charge is 0.493 e. The second-order valence-corrected chi connectivity index (χ2v) is 5.11. The summed E-state index contributed by atoms with van der Waals surface area (Å²) >= 11 is 3.33. The third-order valence-electron chi connectivity index (χ3n) is 2.65. The molecular formula is C14H12BrNO6. The van der Waals surface area contributed by atoms with Crippen LogP contribution < -0.4 is 9.47 Å². The van der Waals surface area contributed by atoms with Crippen molar-refractivity contribution in [2.45, 2.75) is 6.92 Å². The molecule has 0 unspecified atom stereocenters. The molecule has 0 saturated heterocycles. The lowest BCUT2D eigenvalue weighted by Gasteiger charge is -2.11. The highest BCUT2D eigenvalue weighted by Gasteiger charge is 2.20. The van der Waals surface area contributed by atoms with Gasteiger partial charge in [0.05, 0.1) is 7.11 Å². The Morgan fingerprint density at radius 1 is 1.45 bits per heavy atom. The van der Waals surface area contributed by atoms with Crippen LogP contribution in [0.4, 0.5) is 0 Å². The van der Waals surface area contributed by atoms with Gasteiger partial charge in [0.25, 0.3) is 0 Å². The van der Waals surface area contributed by atoms with E-state index in [2.05, 4.69) is 20.9 Å². The summed E-state index contributed by atoms with van der Waals surface area (Å²) in [5, 5.41) is 8.65. The molecule has 0 bridgehead atoms. The number of halogens is 1. The highest BCUT2D eigenvalue weighted by Crippen LogP contribution is 2.35. The molecule has 0 aliphatic carbocycles. The fraction of sp³-hybridized carbons (Fsp3) is 0.214. The molecule has 1 aromatic carbocycles. The van der Waals surface area contributed by atoms with Crippen LogP contribution in [-0.4, -0.2) is 36.7 Å². The topological polar surface area (TPSA) is 94.4 Å². The average molecular weight is 370 g/mol. The fourth-order valence-electron chi connectivity index (χ4n) is 1.74. The van der Waals surface area contributed by atoms with Crippen LogP contribution >= 0.6 is 15.9 Å². The number of carboxylic acids is 1. The average Bonchev–Trinajstić information content (AvgIpc) is 2.76. The first-order valence-electron chi connectivity index (χ1n) is 6.12. The van der Waals surface area contributed by atoms with Crippen molar-refractivity contribution >= 4 is 39.8 Å². The van der Waals surface area contributed by atoms with Crippen LogP contribution in [0.15, 0.2) is 27.3 Å². The van der Waals surface area contributed by atoms with Gasteiger partial charge in [0, 0.05) is 11.4 Å². The summed E-state index contributed by atoms with van der Waals surface area (Å²) in [5.41, 5.74) is 0.782. The summed E-state index contributed by atoms with van der Waals surface area (Å²) in [6, 6.07) is 3.16. The number of rotatable bonds is 5. The molecule has 0 saturated carbocycles. The number of methoxy groups -OCH3 is 1. The number of nitrogens with zero attached hydrogens (tertiary/aromatic N) is 1. The number of carbonyl (C=O) groups is 2. The van der Waals surface area contributed by atoms with Gasteiger partial charge in [0.2, 0.25) is 0 Å². The zero-order valence-corrected chi connectivity index (χ0v) is 13.3. The summed E-state index contributed by atoms with van der Waals surface area (Å²) in [4.78, 5) is 26.1. The molecule has 116 valence electrons. The van der Waals surface area contributed by atoms with Crippen LogP contribution in [0.25, 0.3) is 6.08 Å². The molecular weight excluding hydrogens is 358 g/mol. The molecule has 1 aliphatic heterocycles. The van der Waals surface area contributed by atoms with Gasteiger partial charge in [0.1, 0.15) is 0 Å². The van der Waals surface area contributed by atoms with Crippen molar-refractivity contribution in [2.75, 3.05) is 13.7 Å². The lowest BCUT2D eigenvalue weighted by molar-refractivity contribution is -0.139. The van der Waals surface area contributed by atoms with Gasteiger partial charge in [-0.2, -0.15) is 0 Å². The van der Waals surface area contributed by atoms with Crippen molar-refractivity contribution in [3.05, 3.63) is 27.9 Å². The van der Waals surface area contributed by atoms with E-state index in [1.54, 1.807) is 19.1 Å². The number of aliphatic imine (C=N–C) groups is 1. The number of ether oxygens (including phenoxy) is 3. The number of carboxylic acid groups (broad SMARTS) is 1. The van der Waals surface area contributed by atoms with Crippen molar-refractivity contribution in [1.29, 1.82) is 0 Å². The van der Waals surface area contributed by atoms with Crippen molar-refractivity contribution in [3.63, 3.8) is 0 Å². The Balaban J connectivity index is 2.36. The lowest BCUT2D eigenvalue weighted by Crippen LogP contribution is -2.10. The highest BCUT2D eigenvalue weighted by molar-refractivity contribution is 9.10. The first-order valence-corrected chi connectivity index (χ1v) is 6.91. The summed E-state index contributed by atoms with van der Waals surface area (Å²) in [7, 11) is 1.43. The number of carbonyl (C=O) groups excluding carboxylic acids is 1. The van der Waals surface area contributed by atoms with Crippen molar-refractivity contribution < 1.29 is 28.9 Å². The zero-order valence-electron chi connectivity index (χ0n) is 11.8. The highest BCUT2D eigenvalue weighted by atomic mass is 79.9. The van der Waals surface area contributed by atoms with Crippen LogP contribution in [0.2, 0.25) is 0 Å². The Labute approximate surface area is 134 Å². The van der Waals surface area contributed by atoms with Crippen LogP contribution in [0, 0.1) is 0 Å². The maximum absolute atomic E-state index is 11.6. The van der Waals surface area contributed by atoms with E-state index in [0.717, 1.165) is 0 Å². The second kappa shape index (κ2) is 6.61. The summed E-state index contributed by atoms with van der Waals surface area (Å²) < 4.78 is 15.7. The van der Waals surface area contributed by atoms with Crippen LogP contribution in [0.3, 0.4) is 0 Å². The second-order valence-electron chi connectivity index (χ2n) is 4.26. The van der Waals surface area contributed by atoms with Gasteiger partial charge in [-0.1, -0.05) is 15.9 Å². The zero-order chi connectivity index (χ0) is 16.3. The Hall–Kier alpha value is -2.35. The number of cyclic esters (lactones) is 1. The standard InChI is InChI=1S/C14H12BrNO6/c1-7-16-10(14(19)22-7)3-8-4-11(20-2)12(5-9(8)15)21-6-13(17)18/h3-5H,6H2,1-2H3,(H,17,18)/b10-3-. The molecule has 0 aromatic heterocycles. The predicted octanol–water partition coefficient (Wildman–Crippen LogP) is 2.24. The maximum atomic E-state index is 11.6. The molecule has 7 nitrogen and oxygen atoms in total. The Kier molecular flexibility index (Phi) is 4.81. The smallest absolute Gasteiger partial charge is 0.363 e. The lowest BCUT2D eigenvalue weighted by atomic mass is 10.1. The van der Waals surface area contributed by atoms with E-state index >= 15 is 0 Å². The minimum atomic E-state index is -1.09. The number of esters is 1. The van der Waals surface area contributed by atoms with Gasteiger partial charge in [-0.25, -0.2) is 14.6 Å². The summed E-state index contributed by atoms with van der Waals surface area (Å²) in [6.07, 6.45) is 1.53. The summed E-state index contributed by atoms with van der Waals surface area (Å²) in [6.45, 7) is 1.09. The molecule has 1 aromatic rings. The van der Waals surface area contributed by atoms with E-state index in [1.807, 2.05) is 0 Å². The number of aliphatic carboxylic acids is 1. The molecule has 0 spiro atoms. The van der Waals surface area contributed by atoms with Gasteiger partial charge >= 0.3 is 11.9 Å². The molecule has 1 heterocycles. The van der Waals surface area contributed by atoms with E-state index in [-0.39, 0.29) is 17.3 Å². The van der Waals surface area contributed by atoms with Gasteiger partial charge in [-0.3, -0.25) is 0 Å². The Morgan fingerprint density at radius 3 is 2.73 bits per heavy atom. The molecule has 22 heavy (non-hydrogen) atoms. The molecule has 1 N–H and O–H groups in total. The Morgan fingerprint density at radius 2 is 2.18 bits per heavy atom. The normalized spacial score (nSPS) is 15.5. The number of hydrogen-bond acceptors (Lipinski definition) is 6. The van der Waals surface area contributed by atoms with Gasteiger partial charge < -0.3 is 19.3 Å². The molecule has 8 heteroatoms. The SMILES string of the molecule is COc1cc(/C=C2\N=C(C)OC2=O)c(Br)cc1OCC(=O)O. The first-order chi connectivity index (χ1) is 10.4. The first kappa shape index (κ1) is 16.0.